The smallest absolute Gasteiger partial charge is 0.223 e. The van der Waals surface area contributed by atoms with E-state index in [4.69, 9.17) is 5.73 Å². The summed E-state index contributed by atoms with van der Waals surface area (Å²) in [5.41, 5.74) is 6.31. The van der Waals surface area contributed by atoms with Crippen LogP contribution in [0.25, 0.3) is 0 Å². The largest absolute Gasteiger partial charge is 0.354 e. The predicted molar refractivity (Wildman–Crippen MR) is 84.6 cm³/mol. The number of amides is 1. The Morgan fingerprint density at radius 1 is 1.30 bits per heavy atom. The molecule has 1 aliphatic heterocycles. The number of carbonyl (C=O) groups excluding carboxylic acids is 1. The first-order chi connectivity index (χ1) is 9.57. The molecule has 0 radical (unpaired) electrons. The Kier molecular flexibility index (Phi) is 4.32. The molecular formula is C16H28N2OS. The summed E-state index contributed by atoms with van der Waals surface area (Å²) in [5, 5.41) is 3.24. The van der Waals surface area contributed by atoms with Gasteiger partial charge in [-0.05, 0) is 63.0 Å². The summed E-state index contributed by atoms with van der Waals surface area (Å²) in [6.45, 7) is 3.13. The van der Waals surface area contributed by atoms with E-state index in [-0.39, 0.29) is 10.7 Å². The molecule has 3 fully saturated rings. The van der Waals surface area contributed by atoms with Gasteiger partial charge in [0.25, 0.3) is 0 Å². The zero-order chi connectivity index (χ0) is 14.2. The van der Waals surface area contributed by atoms with Crippen LogP contribution in [-0.4, -0.2) is 29.0 Å². The number of thioether (sulfide) groups is 1. The SMILES string of the molecule is CC1(CNC(=O)C2CC3CCCC(C2)C3N)CCCS1. The molecule has 2 aliphatic carbocycles. The molecule has 3 atom stereocenters. The van der Waals surface area contributed by atoms with E-state index in [0.717, 1.165) is 19.4 Å². The van der Waals surface area contributed by atoms with Gasteiger partial charge >= 0.3 is 0 Å². The molecule has 20 heavy (non-hydrogen) atoms. The second-order valence-corrected chi connectivity index (χ2v) is 9.00. The zero-order valence-electron chi connectivity index (χ0n) is 12.6. The maximum atomic E-state index is 12.5. The molecule has 0 aromatic carbocycles. The van der Waals surface area contributed by atoms with Crippen molar-refractivity contribution in [1.29, 1.82) is 0 Å². The van der Waals surface area contributed by atoms with Crippen LogP contribution >= 0.6 is 11.8 Å². The van der Waals surface area contributed by atoms with Gasteiger partial charge in [0.05, 0.1) is 0 Å². The van der Waals surface area contributed by atoms with Crippen molar-refractivity contribution in [2.75, 3.05) is 12.3 Å². The number of nitrogens with one attached hydrogen (secondary N) is 1. The summed E-state index contributed by atoms with van der Waals surface area (Å²) < 4.78 is 0.274. The maximum Gasteiger partial charge on any atom is 0.223 e. The third-order valence-electron chi connectivity index (χ3n) is 5.72. The molecule has 3 aliphatic rings. The van der Waals surface area contributed by atoms with Gasteiger partial charge in [-0.25, -0.2) is 0 Å². The van der Waals surface area contributed by atoms with Crippen molar-refractivity contribution >= 4 is 17.7 Å². The lowest BCUT2D eigenvalue weighted by Crippen LogP contribution is -2.50. The maximum absolute atomic E-state index is 12.5. The van der Waals surface area contributed by atoms with Gasteiger partial charge in [0.1, 0.15) is 0 Å². The van der Waals surface area contributed by atoms with E-state index in [9.17, 15) is 4.79 Å². The second kappa shape index (κ2) is 5.88. The number of fused-ring (bicyclic) bond motifs is 2. The molecule has 1 heterocycles. The predicted octanol–water partition coefficient (Wildman–Crippen LogP) is 2.54. The first-order valence-electron chi connectivity index (χ1n) is 8.25. The summed E-state index contributed by atoms with van der Waals surface area (Å²) in [6, 6.07) is 0.357. The topological polar surface area (TPSA) is 55.1 Å². The van der Waals surface area contributed by atoms with Gasteiger partial charge < -0.3 is 11.1 Å². The molecule has 0 spiro atoms. The zero-order valence-corrected chi connectivity index (χ0v) is 13.4. The Balaban J connectivity index is 1.53. The molecule has 3 N–H and O–H groups in total. The third kappa shape index (κ3) is 3.01. The Labute approximate surface area is 126 Å². The molecule has 0 aromatic rings. The Morgan fingerprint density at radius 2 is 2.00 bits per heavy atom. The number of hydrogen-bond donors (Lipinski definition) is 2. The molecule has 4 heteroatoms. The summed E-state index contributed by atoms with van der Waals surface area (Å²) in [5.74, 6) is 2.95. The van der Waals surface area contributed by atoms with Gasteiger partial charge in [-0.3, -0.25) is 4.79 Å². The lowest BCUT2D eigenvalue weighted by molar-refractivity contribution is -0.128. The Hall–Kier alpha value is -0.220. The second-order valence-electron chi connectivity index (χ2n) is 7.32. The molecule has 1 amide bonds. The summed E-state index contributed by atoms with van der Waals surface area (Å²) in [7, 11) is 0. The van der Waals surface area contributed by atoms with E-state index >= 15 is 0 Å². The first-order valence-corrected chi connectivity index (χ1v) is 9.23. The number of hydrogen-bond acceptors (Lipinski definition) is 3. The monoisotopic (exact) mass is 296 g/mol. The number of carbonyl (C=O) groups is 1. The van der Waals surface area contributed by atoms with E-state index < -0.39 is 0 Å². The fraction of sp³-hybridized carbons (Fsp3) is 0.938. The van der Waals surface area contributed by atoms with Gasteiger partial charge in [0.2, 0.25) is 5.91 Å². The van der Waals surface area contributed by atoms with Crippen LogP contribution in [0, 0.1) is 17.8 Å². The third-order valence-corrected chi connectivity index (χ3v) is 7.26. The highest BCUT2D eigenvalue weighted by atomic mass is 32.2. The fourth-order valence-corrected chi connectivity index (χ4v) is 5.64. The van der Waals surface area contributed by atoms with Crippen LogP contribution in [0.2, 0.25) is 0 Å². The lowest BCUT2D eigenvalue weighted by atomic mass is 9.65. The van der Waals surface area contributed by atoms with Crippen LogP contribution in [0.5, 0.6) is 0 Å². The number of rotatable bonds is 3. The summed E-state index contributed by atoms with van der Waals surface area (Å²) in [4.78, 5) is 12.5. The van der Waals surface area contributed by atoms with E-state index in [2.05, 4.69) is 12.2 Å². The molecule has 0 aromatic heterocycles. The Morgan fingerprint density at radius 3 is 2.60 bits per heavy atom. The van der Waals surface area contributed by atoms with Crippen molar-refractivity contribution in [3.8, 4) is 0 Å². The van der Waals surface area contributed by atoms with Crippen LogP contribution in [0.1, 0.15) is 51.9 Å². The van der Waals surface area contributed by atoms with E-state index in [0.29, 0.717) is 23.8 Å². The normalized spacial score (nSPS) is 44.3. The first kappa shape index (κ1) is 14.7. The van der Waals surface area contributed by atoms with E-state index in [1.165, 1.54) is 37.9 Å². The molecule has 3 nitrogen and oxygen atoms in total. The molecule has 3 rings (SSSR count). The van der Waals surface area contributed by atoms with Crippen molar-refractivity contribution in [3.05, 3.63) is 0 Å². The fourth-order valence-electron chi connectivity index (χ4n) is 4.40. The van der Waals surface area contributed by atoms with Crippen molar-refractivity contribution in [2.45, 2.75) is 62.7 Å². The molecule has 1 saturated heterocycles. The van der Waals surface area contributed by atoms with Crippen molar-refractivity contribution < 1.29 is 4.79 Å². The average molecular weight is 296 g/mol. The highest BCUT2D eigenvalue weighted by Crippen LogP contribution is 2.42. The molecular weight excluding hydrogens is 268 g/mol. The van der Waals surface area contributed by atoms with Gasteiger partial charge in [-0.2, -0.15) is 11.8 Å². The highest BCUT2D eigenvalue weighted by molar-refractivity contribution is 8.00. The van der Waals surface area contributed by atoms with Gasteiger partial charge in [0.15, 0.2) is 0 Å². The van der Waals surface area contributed by atoms with Crippen molar-refractivity contribution in [2.24, 2.45) is 23.5 Å². The summed E-state index contributed by atoms with van der Waals surface area (Å²) in [6.07, 6.45) is 8.34. The van der Waals surface area contributed by atoms with Gasteiger partial charge in [-0.15, -0.1) is 0 Å². The highest BCUT2D eigenvalue weighted by Gasteiger charge is 2.41. The van der Waals surface area contributed by atoms with Gasteiger partial charge in [-0.1, -0.05) is 6.42 Å². The lowest BCUT2D eigenvalue weighted by Gasteiger charge is -2.43. The quantitative estimate of drug-likeness (QED) is 0.841. The standard InChI is InChI=1S/C16H28N2OS/c1-16(6-3-7-20-16)10-18-15(19)13-8-11-4-2-5-12(9-13)14(11)17/h11-14H,2-10,17H2,1H3,(H,18,19). The number of nitrogens with two attached hydrogens (primary N) is 1. The molecule has 3 unspecified atom stereocenters. The van der Waals surface area contributed by atoms with Crippen molar-refractivity contribution in [1.82, 2.24) is 5.32 Å². The minimum absolute atomic E-state index is 0.222. The van der Waals surface area contributed by atoms with Crippen LogP contribution in [0.4, 0.5) is 0 Å². The van der Waals surface area contributed by atoms with Crippen LogP contribution in [0.15, 0.2) is 0 Å². The minimum Gasteiger partial charge on any atom is -0.354 e. The van der Waals surface area contributed by atoms with Crippen molar-refractivity contribution in [3.63, 3.8) is 0 Å². The summed E-state index contributed by atoms with van der Waals surface area (Å²) >= 11 is 2.02. The van der Waals surface area contributed by atoms with Crippen LogP contribution in [0.3, 0.4) is 0 Å². The Bertz CT molecular complexity index is 353. The van der Waals surface area contributed by atoms with Crippen LogP contribution < -0.4 is 11.1 Å². The molecule has 2 bridgehead atoms. The van der Waals surface area contributed by atoms with Gasteiger partial charge in [0, 0.05) is 23.3 Å². The molecule has 114 valence electrons. The average Bonchev–Trinajstić information content (AvgIpc) is 2.83. The van der Waals surface area contributed by atoms with E-state index in [1.807, 2.05) is 11.8 Å². The molecule has 2 saturated carbocycles. The minimum atomic E-state index is 0.222. The van der Waals surface area contributed by atoms with E-state index in [1.54, 1.807) is 0 Å². The van der Waals surface area contributed by atoms with Crippen LogP contribution in [-0.2, 0) is 4.79 Å².